The van der Waals surface area contributed by atoms with Crippen molar-refractivity contribution in [2.24, 2.45) is 0 Å². The highest BCUT2D eigenvalue weighted by atomic mass is 15.2. The minimum Gasteiger partial charge on any atom is -0.310 e. The maximum absolute atomic E-state index is 2.61. The summed E-state index contributed by atoms with van der Waals surface area (Å²) in [6, 6.07) is 142. The van der Waals surface area contributed by atoms with Crippen LogP contribution in [0.15, 0.2) is 370 Å². The van der Waals surface area contributed by atoms with Gasteiger partial charge in [0.15, 0.2) is 0 Å². The van der Waals surface area contributed by atoms with E-state index in [0.29, 0.717) is 0 Å². The molecule has 17 aromatic rings. The van der Waals surface area contributed by atoms with Crippen molar-refractivity contribution in [2.45, 2.75) is 182 Å². The average molecular weight is 1730 g/mol. The summed E-state index contributed by atoms with van der Waals surface area (Å²) in [5, 5.41) is 0. The maximum atomic E-state index is 2.61. The normalized spacial score (nSPS) is 13.9. The van der Waals surface area contributed by atoms with Crippen molar-refractivity contribution in [3.63, 3.8) is 0 Å². The zero-order valence-electron chi connectivity index (χ0n) is 79.5. The van der Waals surface area contributed by atoms with E-state index >= 15 is 0 Å². The lowest BCUT2D eigenvalue weighted by Crippen LogP contribution is -2.16. The Kier molecular flexibility index (Phi) is 22.6. The molecule has 0 atom stereocenters. The van der Waals surface area contributed by atoms with E-state index in [9.17, 15) is 0 Å². The van der Waals surface area contributed by atoms with Gasteiger partial charge in [-0.05, 0) is 338 Å². The van der Waals surface area contributed by atoms with Crippen LogP contribution >= 0.6 is 0 Å². The Bertz CT molecular complexity index is 7260. The largest absolute Gasteiger partial charge is 0.310 e. The number of rotatable bonds is 27. The van der Waals surface area contributed by atoms with Gasteiger partial charge in [-0.15, -0.1) is 0 Å². The van der Waals surface area contributed by atoms with Gasteiger partial charge in [-0.2, -0.15) is 0 Å². The first-order valence-electron chi connectivity index (χ1n) is 49.2. The molecule has 0 fully saturated rings. The minimum absolute atomic E-state index is 0.104. The van der Waals surface area contributed by atoms with Gasteiger partial charge in [-0.1, -0.05) is 370 Å². The first-order valence-corrected chi connectivity index (χ1v) is 49.2. The standard InChI is InChI=1S/C130H121N3/c1-13-17-19-23-35-96-80-118(97(36-24-20-18-14-2)79-117(96)92-51-47-90(48-52-92)107-72-65-102(77-86(107)15-3)132(99-39-27-22-28-40-99)105-68-75-115-110-42-30-33-45-120(110)128(7,8)125(115)84-105)93-53-49-91(50-54-93)108-73-66-103(78-87(108)16-4)133(106-69-76-116-111-43-31-34-46-121(111)129(9,10)126(116)85-106)101-63-57-89(58-64-101)95-60-71-113-112-70-59-94(81-122(112)130(11,12)123(113)82-95)88-55-61-100(62-56-88)131(98-37-25-21-26-38-98)104-67-74-114-109-41-29-32-44-119(109)127(5,6)124(114)83-104/h21-22,25-34,37-85H,13-20,23-24,35-36H2,1-12H3. The summed E-state index contributed by atoms with van der Waals surface area (Å²) in [7, 11) is 0. The molecule has 17 aromatic carbocycles. The average Bonchev–Trinajstić information content (AvgIpc) is 1.60. The van der Waals surface area contributed by atoms with Crippen LogP contribution in [0, 0.1) is 0 Å². The summed E-state index contributed by atoms with van der Waals surface area (Å²) in [5.41, 5.74) is 52.1. The molecule has 0 radical (unpaired) electrons. The highest BCUT2D eigenvalue weighted by Crippen LogP contribution is 2.57. The van der Waals surface area contributed by atoms with Crippen molar-refractivity contribution in [2.75, 3.05) is 14.7 Å². The first-order chi connectivity index (χ1) is 64.8. The van der Waals surface area contributed by atoms with Gasteiger partial charge >= 0.3 is 0 Å². The lowest BCUT2D eigenvalue weighted by atomic mass is 9.81. The Balaban J connectivity index is 0.566. The molecule has 4 aliphatic carbocycles. The molecule has 0 amide bonds. The Morgan fingerprint density at radius 3 is 0.737 bits per heavy atom. The zero-order chi connectivity index (χ0) is 91.0. The minimum atomic E-state index is -0.232. The molecule has 0 heterocycles. The van der Waals surface area contributed by atoms with Gasteiger partial charge in [-0.3, -0.25) is 0 Å². The van der Waals surface area contributed by atoms with E-state index in [1.54, 1.807) is 0 Å². The molecule has 0 aliphatic heterocycles. The summed E-state index contributed by atoms with van der Waals surface area (Å²) in [6.45, 7) is 28.4. The maximum Gasteiger partial charge on any atom is 0.0465 e. The topological polar surface area (TPSA) is 9.72 Å². The molecule has 0 saturated heterocycles. The van der Waals surface area contributed by atoms with Gasteiger partial charge in [0, 0.05) is 72.8 Å². The second-order valence-corrected chi connectivity index (χ2v) is 40.0. The van der Waals surface area contributed by atoms with E-state index in [1.807, 2.05) is 0 Å². The Morgan fingerprint density at radius 2 is 0.406 bits per heavy atom. The summed E-state index contributed by atoms with van der Waals surface area (Å²) < 4.78 is 0. The lowest BCUT2D eigenvalue weighted by molar-refractivity contribution is 0.660. The van der Waals surface area contributed by atoms with Crippen LogP contribution in [0.2, 0.25) is 0 Å². The van der Waals surface area contributed by atoms with Gasteiger partial charge in [0.2, 0.25) is 0 Å². The number of para-hydroxylation sites is 2. The van der Waals surface area contributed by atoms with E-state index in [0.717, 1.165) is 65.5 Å². The molecule has 0 N–H and O–H groups in total. The molecule has 656 valence electrons. The van der Waals surface area contributed by atoms with E-state index in [1.165, 1.54) is 241 Å². The Morgan fingerprint density at radius 1 is 0.165 bits per heavy atom. The van der Waals surface area contributed by atoms with Gasteiger partial charge in [0.05, 0.1) is 0 Å². The smallest absolute Gasteiger partial charge is 0.0465 e. The molecule has 0 saturated carbocycles. The molecule has 4 aliphatic rings. The van der Waals surface area contributed by atoms with Crippen LogP contribution in [-0.2, 0) is 47.3 Å². The van der Waals surface area contributed by atoms with Crippen molar-refractivity contribution in [1.82, 2.24) is 0 Å². The molecule has 0 spiro atoms. The Hall–Kier alpha value is -13.9. The predicted octanol–water partition coefficient (Wildman–Crippen LogP) is 36.7. The lowest BCUT2D eigenvalue weighted by Gasteiger charge is -2.29. The van der Waals surface area contributed by atoms with Crippen molar-refractivity contribution < 1.29 is 0 Å². The number of aryl methyl sites for hydroxylation is 4. The molecule has 133 heavy (non-hydrogen) atoms. The van der Waals surface area contributed by atoms with Gasteiger partial charge in [0.25, 0.3) is 0 Å². The number of fused-ring (bicyclic) bond motifs is 12. The third-order valence-corrected chi connectivity index (χ3v) is 30.5. The van der Waals surface area contributed by atoms with Gasteiger partial charge < -0.3 is 14.7 Å². The summed E-state index contributed by atoms with van der Waals surface area (Å²) in [4.78, 5) is 7.37. The molecule has 21 rings (SSSR count). The molecule has 0 unspecified atom stereocenters. The van der Waals surface area contributed by atoms with Crippen molar-refractivity contribution >= 4 is 51.2 Å². The van der Waals surface area contributed by atoms with E-state index in [2.05, 4.69) is 468 Å². The SMILES string of the molecule is CCCCCCc1cc(-c2ccc(-c3ccc(N(c4ccc(-c5ccc6c(c5)C(C)(C)c5cc(-c7ccc(N(c8ccccc8)c8ccc9c(c8)C(C)(C)c8ccccc8-9)cc7)ccc5-6)cc4)c4ccc5c(c4)C(C)(C)c4ccccc4-5)cc3CC)cc2)c(CCCCCC)cc1-c1ccc(-c2ccc(N(c3ccccc3)c3ccc4c(c3)C(C)(C)c3ccccc3-4)cc2CC)cc1. The van der Waals surface area contributed by atoms with E-state index < -0.39 is 0 Å². The molecule has 3 heteroatoms. The summed E-state index contributed by atoms with van der Waals surface area (Å²) in [6.07, 6.45) is 13.6. The number of nitrogens with zero attached hydrogens (tertiary/aromatic N) is 3. The van der Waals surface area contributed by atoms with Gasteiger partial charge in [-0.25, -0.2) is 0 Å². The molecular weight excluding hydrogens is 1600 g/mol. The van der Waals surface area contributed by atoms with Crippen LogP contribution in [0.4, 0.5) is 51.2 Å². The predicted molar refractivity (Wildman–Crippen MR) is 568 cm³/mol. The van der Waals surface area contributed by atoms with Crippen LogP contribution in [0.3, 0.4) is 0 Å². The van der Waals surface area contributed by atoms with Gasteiger partial charge in [0.1, 0.15) is 0 Å². The Labute approximate surface area is 790 Å². The second kappa shape index (κ2) is 35.0. The summed E-state index contributed by atoms with van der Waals surface area (Å²) in [5.74, 6) is 0. The van der Waals surface area contributed by atoms with E-state index in [-0.39, 0.29) is 21.7 Å². The fourth-order valence-electron chi connectivity index (χ4n) is 23.1. The number of anilines is 9. The molecule has 0 bridgehead atoms. The second-order valence-electron chi connectivity index (χ2n) is 40.0. The number of unbranched alkanes of at least 4 members (excludes halogenated alkanes) is 6. The first kappa shape index (κ1) is 85.9. The fraction of sp³-hybridized carbons (Fsp3) is 0.215. The third kappa shape index (κ3) is 15.4. The van der Waals surface area contributed by atoms with Crippen LogP contribution in [0.5, 0.6) is 0 Å². The fourth-order valence-corrected chi connectivity index (χ4v) is 23.1. The highest BCUT2D eigenvalue weighted by molar-refractivity contribution is 5.94. The number of benzene rings is 17. The van der Waals surface area contributed by atoms with Crippen LogP contribution < -0.4 is 14.7 Å². The third-order valence-electron chi connectivity index (χ3n) is 30.5. The quantitative estimate of drug-likeness (QED) is 0.0475. The van der Waals surface area contributed by atoms with Crippen molar-refractivity contribution in [1.29, 1.82) is 0 Å². The van der Waals surface area contributed by atoms with Crippen LogP contribution in [0.25, 0.3) is 111 Å². The van der Waals surface area contributed by atoms with Crippen LogP contribution in [0.1, 0.15) is 201 Å². The number of hydrogen-bond donors (Lipinski definition) is 0. The van der Waals surface area contributed by atoms with Crippen LogP contribution in [-0.4, -0.2) is 0 Å². The highest BCUT2D eigenvalue weighted by Gasteiger charge is 2.41. The molecule has 0 aromatic heterocycles. The van der Waals surface area contributed by atoms with Crippen molar-refractivity contribution in [3.05, 3.63) is 437 Å². The summed E-state index contributed by atoms with van der Waals surface area (Å²) >= 11 is 0. The zero-order valence-corrected chi connectivity index (χ0v) is 79.5. The molecular formula is C130H121N3. The van der Waals surface area contributed by atoms with E-state index in [4.69, 9.17) is 0 Å². The van der Waals surface area contributed by atoms with Crippen molar-refractivity contribution in [3.8, 4) is 111 Å². The number of hydrogen-bond acceptors (Lipinski definition) is 3. The monoisotopic (exact) mass is 1720 g/mol. The molecule has 3 nitrogen and oxygen atoms in total.